The molecular weight excluding hydrogens is 236 g/mol. The zero-order valence-corrected chi connectivity index (χ0v) is 11.2. The maximum atomic E-state index is 5.00. The van der Waals surface area contributed by atoms with Crippen molar-refractivity contribution in [2.45, 2.75) is 9.79 Å². The van der Waals surface area contributed by atoms with Gasteiger partial charge in [0, 0.05) is 24.8 Å². The molecule has 0 aromatic carbocycles. The SMILES string of the molecule is C[SH](C)(S)(c1ccncc1)c1ccncc1. The minimum absolute atomic E-state index is 1.25. The summed E-state index contributed by atoms with van der Waals surface area (Å²) in [5.41, 5.74) is 0. The zero-order chi connectivity index (χ0) is 11.7. The van der Waals surface area contributed by atoms with E-state index in [1.807, 2.05) is 49.1 Å². The number of hydrogen-bond donors (Lipinski definition) is 2. The Labute approximate surface area is 101 Å². The van der Waals surface area contributed by atoms with Gasteiger partial charge in [-0.1, -0.05) is 0 Å². The molecule has 16 heavy (non-hydrogen) atoms. The number of pyridine rings is 2. The topological polar surface area (TPSA) is 25.8 Å². The van der Waals surface area contributed by atoms with Crippen LogP contribution in [0.1, 0.15) is 0 Å². The third kappa shape index (κ3) is 1.95. The first-order chi connectivity index (χ1) is 7.49. The van der Waals surface area contributed by atoms with Crippen LogP contribution in [0.15, 0.2) is 58.8 Å². The van der Waals surface area contributed by atoms with Gasteiger partial charge in [-0.15, -0.1) is 11.7 Å². The first kappa shape index (κ1) is 11.5. The molecule has 2 nitrogen and oxygen atoms in total. The van der Waals surface area contributed by atoms with Gasteiger partial charge in [-0.3, -0.25) is 9.97 Å². The van der Waals surface area contributed by atoms with Crippen LogP contribution >= 0.6 is 19.9 Å². The summed E-state index contributed by atoms with van der Waals surface area (Å²) >= 11 is 5.00. The van der Waals surface area contributed by atoms with Crippen molar-refractivity contribution in [3.63, 3.8) is 0 Å². The van der Waals surface area contributed by atoms with E-state index in [1.54, 1.807) is 0 Å². The van der Waals surface area contributed by atoms with Crippen molar-refractivity contribution in [3.05, 3.63) is 49.1 Å². The fourth-order valence-corrected chi connectivity index (χ4v) is 4.84. The van der Waals surface area contributed by atoms with Crippen LogP contribution in [-0.4, -0.2) is 22.5 Å². The molecule has 4 heteroatoms. The van der Waals surface area contributed by atoms with Gasteiger partial charge in [0.15, 0.2) is 0 Å². The second-order valence-corrected chi connectivity index (χ2v) is 13.2. The summed E-state index contributed by atoms with van der Waals surface area (Å²) in [6.45, 7) is 0. The molecule has 0 radical (unpaired) electrons. The number of aromatic nitrogens is 2. The average Bonchev–Trinajstić information content (AvgIpc) is 2.31. The molecule has 2 rings (SSSR count). The highest BCUT2D eigenvalue weighted by Crippen LogP contribution is 2.78. The number of rotatable bonds is 2. The second-order valence-electron chi connectivity index (χ2n) is 4.46. The predicted molar refractivity (Wildman–Crippen MR) is 74.8 cm³/mol. The lowest BCUT2D eigenvalue weighted by Crippen LogP contribution is -2.08. The van der Waals surface area contributed by atoms with Crippen LogP contribution in [0.4, 0.5) is 0 Å². The highest BCUT2D eigenvalue weighted by Gasteiger charge is 2.30. The molecule has 0 unspecified atom stereocenters. The van der Waals surface area contributed by atoms with Gasteiger partial charge in [0.05, 0.1) is 0 Å². The summed E-state index contributed by atoms with van der Waals surface area (Å²) < 4.78 is 0. The molecule has 0 aliphatic heterocycles. The molecule has 2 heterocycles. The van der Waals surface area contributed by atoms with Crippen LogP contribution in [0, 0.1) is 0 Å². The maximum absolute atomic E-state index is 5.00. The molecule has 0 spiro atoms. The van der Waals surface area contributed by atoms with Gasteiger partial charge in [-0.25, -0.2) is 8.19 Å². The van der Waals surface area contributed by atoms with Crippen molar-refractivity contribution in [3.8, 4) is 0 Å². The first-order valence-electron chi connectivity index (χ1n) is 5.06. The zero-order valence-electron chi connectivity index (χ0n) is 9.41. The molecule has 0 atom stereocenters. The predicted octanol–water partition coefficient (Wildman–Crippen LogP) is 3.07. The van der Waals surface area contributed by atoms with Crippen molar-refractivity contribution in [1.29, 1.82) is 0 Å². The summed E-state index contributed by atoms with van der Waals surface area (Å²) in [5.74, 6) is 0. The lowest BCUT2D eigenvalue weighted by molar-refractivity contribution is 1.22. The molecule has 0 saturated carbocycles. The van der Waals surface area contributed by atoms with E-state index in [-0.39, 0.29) is 0 Å². The first-order valence-corrected chi connectivity index (χ1v) is 9.35. The molecule has 0 amide bonds. The molecule has 0 saturated heterocycles. The molecule has 0 fully saturated rings. The lowest BCUT2D eigenvalue weighted by Gasteiger charge is -2.51. The summed E-state index contributed by atoms with van der Waals surface area (Å²) in [6.07, 6.45) is 11.7. The van der Waals surface area contributed by atoms with Crippen LogP contribution in [0.3, 0.4) is 0 Å². The van der Waals surface area contributed by atoms with E-state index in [1.165, 1.54) is 9.79 Å². The monoisotopic (exact) mass is 252 g/mol. The van der Waals surface area contributed by atoms with Crippen LogP contribution in [0.5, 0.6) is 0 Å². The van der Waals surface area contributed by atoms with E-state index in [0.29, 0.717) is 0 Å². The largest absolute Gasteiger partial charge is 0.265 e. The van der Waals surface area contributed by atoms with Gasteiger partial charge >= 0.3 is 0 Å². The Balaban J connectivity index is 2.60. The van der Waals surface area contributed by atoms with E-state index >= 15 is 0 Å². The second kappa shape index (κ2) is 3.79. The van der Waals surface area contributed by atoms with Crippen LogP contribution < -0.4 is 0 Å². The summed E-state index contributed by atoms with van der Waals surface area (Å²) in [4.78, 5) is 10.6. The number of hydrogen-bond acceptors (Lipinski definition) is 3. The summed E-state index contributed by atoms with van der Waals surface area (Å²) in [7, 11) is -2.32. The smallest absolute Gasteiger partial charge is 0.0278 e. The van der Waals surface area contributed by atoms with Crippen molar-refractivity contribution >= 4 is 19.9 Å². The van der Waals surface area contributed by atoms with Crippen LogP contribution in [0.25, 0.3) is 0 Å². The Morgan fingerprint density at radius 3 is 1.44 bits per heavy atom. The van der Waals surface area contributed by atoms with Gasteiger partial charge in [-0.05, 0) is 46.6 Å². The number of thiol groups is 2. The van der Waals surface area contributed by atoms with Gasteiger partial charge in [0.1, 0.15) is 0 Å². The molecule has 0 bridgehead atoms. The third-order valence-corrected chi connectivity index (χ3v) is 7.87. The molecule has 0 N–H and O–H groups in total. The normalized spacial score (nSPS) is 14.1. The van der Waals surface area contributed by atoms with Gasteiger partial charge in [0.25, 0.3) is 0 Å². The number of nitrogens with zero attached hydrogens (tertiary/aromatic N) is 2. The van der Waals surface area contributed by atoms with Gasteiger partial charge in [0.2, 0.25) is 0 Å². The average molecular weight is 252 g/mol. The van der Waals surface area contributed by atoms with Crippen molar-refractivity contribution in [2.24, 2.45) is 0 Å². The Bertz CT molecular complexity index is 431. The molecular formula is C12H16N2S2. The molecule has 0 aliphatic carbocycles. The summed E-state index contributed by atoms with van der Waals surface area (Å²) in [5, 5.41) is 0. The van der Waals surface area contributed by atoms with E-state index in [4.69, 9.17) is 11.7 Å². The Morgan fingerprint density at radius 2 is 1.12 bits per heavy atom. The minimum atomic E-state index is -2.32. The Kier molecular flexibility index (Phi) is 2.72. The van der Waals surface area contributed by atoms with Crippen molar-refractivity contribution in [2.75, 3.05) is 12.5 Å². The highest BCUT2D eigenvalue weighted by atomic mass is 33.2. The van der Waals surface area contributed by atoms with Gasteiger partial charge in [-0.2, -0.15) is 0 Å². The maximum Gasteiger partial charge on any atom is 0.0278 e. The van der Waals surface area contributed by atoms with Crippen molar-refractivity contribution < 1.29 is 0 Å². The standard InChI is InChI=1S/C12H16N2S2/c1-16(2,15,11-3-7-13-8-4-11)12-5-9-14-10-6-12/h3-10,15-16H,1-2H3. The van der Waals surface area contributed by atoms with E-state index in [2.05, 4.69) is 22.5 Å². The molecule has 2 aromatic heterocycles. The van der Waals surface area contributed by atoms with Crippen LogP contribution in [-0.2, 0) is 0 Å². The molecule has 2 aromatic rings. The van der Waals surface area contributed by atoms with Gasteiger partial charge < -0.3 is 0 Å². The molecule has 86 valence electrons. The highest BCUT2D eigenvalue weighted by molar-refractivity contribution is 8.97. The quantitative estimate of drug-likeness (QED) is 0.634. The van der Waals surface area contributed by atoms with Crippen LogP contribution in [0.2, 0.25) is 0 Å². The van der Waals surface area contributed by atoms with Crippen molar-refractivity contribution in [1.82, 2.24) is 9.97 Å². The fourth-order valence-electron chi connectivity index (χ4n) is 1.72. The Morgan fingerprint density at radius 1 is 0.812 bits per heavy atom. The summed E-state index contributed by atoms with van der Waals surface area (Å²) in [6, 6.07) is 8.19. The minimum Gasteiger partial charge on any atom is -0.265 e. The van der Waals surface area contributed by atoms with E-state index < -0.39 is 8.19 Å². The van der Waals surface area contributed by atoms with E-state index in [0.717, 1.165) is 0 Å². The fraction of sp³-hybridized carbons (Fsp3) is 0.167. The Hall–Kier alpha value is -1.00. The van der Waals surface area contributed by atoms with E-state index in [9.17, 15) is 0 Å². The molecule has 0 aliphatic rings. The third-order valence-electron chi connectivity index (χ3n) is 2.85. The lowest BCUT2D eigenvalue weighted by atomic mass is 10.5.